The highest BCUT2D eigenvalue weighted by molar-refractivity contribution is 7.25. The summed E-state index contributed by atoms with van der Waals surface area (Å²) < 4.78 is 2.57. The number of thiophene rings is 1. The Bertz CT molecular complexity index is 3040. The van der Waals surface area contributed by atoms with Crippen molar-refractivity contribution in [2.75, 3.05) is 0 Å². The number of hydrogen-bond acceptors (Lipinski definition) is 3. The van der Waals surface area contributed by atoms with Crippen molar-refractivity contribution < 1.29 is 0 Å². The second kappa shape index (κ2) is 13.1. The topological polar surface area (TPSA) is 25.8 Å². The highest BCUT2D eigenvalue weighted by Gasteiger charge is 2.46. The maximum Gasteiger partial charge on any atom is 0.160 e. The van der Waals surface area contributed by atoms with Crippen LogP contribution in [0.25, 0.3) is 76.3 Å². The summed E-state index contributed by atoms with van der Waals surface area (Å²) in [6.45, 7) is 0. The third-order valence-corrected chi connectivity index (χ3v) is 12.6. The van der Waals surface area contributed by atoms with E-state index in [1.165, 1.54) is 53.6 Å². The predicted octanol–water partition coefficient (Wildman–Crippen LogP) is 13.9. The van der Waals surface area contributed by atoms with E-state index >= 15 is 0 Å². The Kier molecular flexibility index (Phi) is 7.61. The molecule has 10 aromatic rings. The van der Waals surface area contributed by atoms with E-state index in [9.17, 15) is 0 Å². The molecule has 1 aliphatic carbocycles. The normalized spacial score (nSPS) is 12.8. The summed E-state index contributed by atoms with van der Waals surface area (Å²) in [5.41, 5.74) is 14.4. The number of benzene rings is 8. The molecule has 0 amide bonds. The molecule has 0 radical (unpaired) electrons. The summed E-state index contributed by atoms with van der Waals surface area (Å²) in [5, 5.41) is 2.53. The van der Waals surface area contributed by atoms with Crippen LogP contribution in [0.1, 0.15) is 22.3 Å². The molecule has 0 unspecified atom stereocenters. The molecule has 1 aliphatic rings. The number of fused-ring (bicyclic) bond motifs is 6. The molecular formula is C53H34N2S. The average molecular weight is 731 g/mol. The van der Waals surface area contributed by atoms with Crippen LogP contribution in [0, 0.1) is 0 Å². The fourth-order valence-electron chi connectivity index (χ4n) is 8.91. The van der Waals surface area contributed by atoms with E-state index < -0.39 is 5.41 Å². The molecule has 8 aromatic carbocycles. The van der Waals surface area contributed by atoms with Crippen LogP contribution in [-0.2, 0) is 5.41 Å². The minimum atomic E-state index is -0.437. The Morgan fingerprint density at radius 2 is 0.911 bits per heavy atom. The maximum absolute atomic E-state index is 5.29. The minimum Gasteiger partial charge on any atom is -0.228 e. The van der Waals surface area contributed by atoms with Crippen LogP contribution in [0.3, 0.4) is 0 Å². The Hall–Kier alpha value is -6.94. The lowest BCUT2D eigenvalue weighted by molar-refractivity contribution is 0.768. The van der Waals surface area contributed by atoms with E-state index in [2.05, 4.69) is 200 Å². The molecule has 2 nitrogen and oxygen atoms in total. The molecule has 0 spiro atoms. The summed E-state index contributed by atoms with van der Waals surface area (Å²) in [6.07, 6.45) is 0. The van der Waals surface area contributed by atoms with Gasteiger partial charge in [0.1, 0.15) is 0 Å². The zero-order chi connectivity index (χ0) is 37.1. The molecule has 56 heavy (non-hydrogen) atoms. The van der Waals surface area contributed by atoms with Gasteiger partial charge in [-0.3, -0.25) is 0 Å². The van der Waals surface area contributed by atoms with E-state index in [0.717, 1.165) is 39.2 Å². The molecule has 0 N–H and O–H groups in total. The molecule has 0 saturated carbocycles. The highest BCUT2D eigenvalue weighted by Crippen LogP contribution is 2.56. The van der Waals surface area contributed by atoms with Crippen molar-refractivity contribution in [3.8, 4) is 56.2 Å². The Morgan fingerprint density at radius 1 is 0.339 bits per heavy atom. The number of rotatable bonds is 6. The monoisotopic (exact) mass is 730 g/mol. The summed E-state index contributed by atoms with van der Waals surface area (Å²) >= 11 is 1.83. The molecule has 2 heterocycles. The third kappa shape index (κ3) is 5.09. The van der Waals surface area contributed by atoms with E-state index in [-0.39, 0.29) is 0 Å². The lowest BCUT2D eigenvalue weighted by Crippen LogP contribution is -2.28. The van der Waals surface area contributed by atoms with Crippen LogP contribution in [-0.4, -0.2) is 9.97 Å². The first-order valence-corrected chi connectivity index (χ1v) is 19.9. The lowest BCUT2D eigenvalue weighted by atomic mass is 9.67. The summed E-state index contributed by atoms with van der Waals surface area (Å²) in [4.78, 5) is 10.5. The van der Waals surface area contributed by atoms with Gasteiger partial charge in [-0.15, -0.1) is 11.3 Å². The maximum atomic E-state index is 5.29. The van der Waals surface area contributed by atoms with Crippen LogP contribution >= 0.6 is 11.3 Å². The molecule has 2 aromatic heterocycles. The summed E-state index contributed by atoms with van der Waals surface area (Å²) in [5.74, 6) is 0.710. The number of nitrogens with zero attached hydrogens (tertiary/aromatic N) is 2. The largest absolute Gasteiger partial charge is 0.228 e. The van der Waals surface area contributed by atoms with Crippen molar-refractivity contribution in [2.45, 2.75) is 5.41 Å². The molecule has 0 bridgehead atoms. The van der Waals surface area contributed by atoms with Crippen LogP contribution in [0.15, 0.2) is 206 Å². The fourth-order valence-corrected chi connectivity index (χ4v) is 10.00. The van der Waals surface area contributed by atoms with Gasteiger partial charge in [-0.2, -0.15) is 0 Å². The first-order chi connectivity index (χ1) is 27.8. The second-order valence-corrected chi connectivity index (χ2v) is 15.6. The van der Waals surface area contributed by atoms with Gasteiger partial charge >= 0.3 is 0 Å². The molecule has 0 fully saturated rings. The first-order valence-electron chi connectivity index (χ1n) is 19.1. The Morgan fingerprint density at radius 3 is 1.68 bits per heavy atom. The molecule has 11 rings (SSSR count). The quantitative estimate of drug-likeness (QED) is 0.170. The van der Waals surface area contributed by atoms with Crippen LogP contribution < -0.4 is 0 Å². The molecule has 3 heteroatoms. The van der Waals surface area contributed by atoms with Gasteiger partial charge in [0.2, 0.25) is 0 Å². The smallest absolute Gasteiger partial charge is 0.160 e. The van der Waals surface area contributed by atoms with Gasteiger partial charge in [0.15, 0.2) is 5.82 Å². The average Bonchev–Trinajstić information content (AvgIpc) is 3.80. The molecular weight excluding hydrogens is 697 g/mol. The third-order valence-electron chi connectivity index (χ3n) is 11.4. The second-order valence-electron chi connectivity index (χ2n) is 14.5. The van der Waals surface area contributed by atoms with Gasteiger partial charge in [-0.05, 0) is 74.8 Å². The Balaban J connectivity index is 1.10. The number of aromatic nitrogens is 2. The van der Waals surface area contributed by atoms with Gasteiger partial charge in [0.25, 0.3) is 0 Å². The van der Waals surface area contributed by atoms with Crippen molar-refractivity contribution in [2.24, 2.45) is 0 Å². The molecule has 262 valence electrons. The predicted molar refractivity (Wildman–Crippen MR) is 234 cm³/mol. The van der Waals surface area contributed by atoms with Crippen LogP contribution in [0.4, 0.5) is 0 Å². The number of hydrogen-bond donors (Lipinski definition) is 0. The zero-order valence-corrected chi connectivity index (χ0v) is 31.2. The van der Waals surface area contributed by atoms with Crippen molar-refractivity contribution >= 4 is 31.5 Å². The SMILES string of the molecule is c1ccc(-c2nc(-c3ccc4sc5ccccc5c4c3)cc(-c3ccccc3-c3ccc4c(c3)-c3ccccc3C4(c3ccccc3)c3ccccc3)n2)cc1. The van der Waals surface area contributed by atoms with Crippen molar-refractivity contribution in [3.63, 3.8) is 0 Å². The highest BCUT2D eigenvalue weighted by atomic mass is 32.1. The first kappa shape index (κ1) is 32.5. The van der Waals surface area contributed by atoms with Crippen molar-refractivity contribution in [1.29, 1.82) is 0 Å². The van der Waals surface area contributed by atoms with Crippen LogP contribution in [0.2, 0.25) is 0 Å². The van der Waals surface area contributed by atoms with E-state index in [1.54, 1.807) is 0 Å². The van der Waals surface area contributed by atoms with E-state index in [0.29, 0.717) is 5.82 Å². The van der Waals surface area contributed by atoms with Crippen LogP contribution in [0.5, 0.6) is 0 Å². The lowest BCUT2D eigenvalue weighted by Gasteiger charge is -2.33. The van der Waals surface area contributed by atoms with Crippen molar-refractivity contribution in [3.05, 3.63) is 229 Å². The van der Waals surface area contributed by atoms with Gasteiger partial charge < -0.3 is 0 Å². The molecule has 0 saturated heterocycles. The standard InChI is InChI=1S/C53H34N2S/c1-4-16-35(17-5-1)52-54-48(37-29-31-51-45(33-37)43-25-13-15-27-50(43)56-51)34-49(55-52)42-24-11-10-22-40(42)36-28-30-47-44(32-36)41-23-12-14-26-46(41)53(47,38-18-6-2-7-19-38)39-20-8-3-9-21-39/h1-34H. The molecule has 0 aliphatic heterocycles. The van der Waals surface area contributed by atoms with E-state index in [4.69, 9.17) is 9.97 Å². The minimum absolute atomic E-state index is 0.437. The van der Waals surface area contributed by atoms with E-state index in [1.807, 2.05) is 17.4 Å². The van der Waals surface area contributed by atoms with Gasteiger partial charge in [0, 0.05) is 36.9 Å². The zero-order valence-electron chi connectivity index (χ0n) is 30.4. The molecule has 0 atom stereocenters. The summed E-state index contributed by atoms with van der Waals surface area (Å²) in [6, 6.07) is 74.5. The fraction of sp³-hybridized carbons (Fsp3) is 0.0189. The van der Waals surface area contributed by atoms with Gasteiger partial charge in [-0.1, -0.05) is 176 Å². The Labute approximate surface area is 330 Å². The summed E-state index contributed by atoms with van der Waals surface area (Å²) in [7, 11) is 0. The van der Waals surface area contributed by atoms with Gasteiger partial charge in [-0.25, -0.2) is 9.97 Å². The van der Waals surface area contributed by atoms with Crippen molar-refractivity contribution in [1.82, 2.24) is 9.97 Å². The van der Waals surface area contributed by atoms with Gasteiger partial charge in [0.05, 0.1) is 16.8 Å².